The Morgan fingerprint density at radius 3 is 2.23 bits per heavy atom. The van der Waals surface area contributed by atoms with Crippen LogP contribution >= 0.6 is 0 Å². The summed E-state index contributed by atoms with van der Waals surface area (Å²) in [4.78, 5) is 2.28. The Balaban J connectivity index is 1.71. The summed E-state index contributed by atoms with van der Waals surface area (Å²) in [5.74, 6) is 0.120. The highest BCUT2D eigenvalue weighted by Gasteiger charge is 2.44. The van der Waals surface area contributed by atoms with Crippen LogP contribution in [0.3, 0.4) is 0 Å². The Kier molecular flexibility index (Phi) is 6.06. The number of anilines is 1. The monoisotopic (exact) mass is 397 g/mol. The summed E-state index contributed by atoms with van der Waals surface area (Å²) in [6.07, 6.45) is 5.23. The number of hydrogen-bond acceptors (Lipinski definition) is 2. The average Bonchev–Trinajstić information content (AvgIpc) is 2.78. The standard InChI is InChI=1S/C28H31NO/c1-22-16-18-27(19-17-22)29(2)21-26-15-9-14-25(20-23-10-5-3-6-11-23)28(26,30)24-12-7-4-8-13-24/h3-8,10-13,16-20,26,30H,9,14-15,21H2,1-2H3/b25-20+. The van der Waals surface area contributed by atoms with Crippen LogP contribution in [0.25, 0.3) is 6.08 Å². The molecule has 2 heteroatoms. The van der Waals surface area contributed by atoms with Gasteiger partial charge in [-0.3, -0.25) is 0 Å². The van der Waals surface area contributed by atoms with Crippen LogP contribution in [0.15, 0.2) is 90.5 Å². The lowest BCUT2D eigenvalue weighted by molar-refractivity contribution is -0.00393. The molecule has 4 rings (SSSR count). The predicted molar refractivity (Wildman–Crippen MR) is 127 cm³/mol. The first-order chi connectivity index (χ1) is 14.6. The fourth-order valence-electron chi connectivity index (χ4n) is 4.71. The highest BCUT2D eigenvalue weighted by atomic mass is 16.3. The summed E-state index contributed by atoms with van der Waals surface area (Å²) in [5, 5.41) is 12.3. The molecule has 30 heavy (non-hydrogen) atoms. The van der Waals surface area contributed by atoms with Gasteiger partial charge in [0, 0.05) is 25.2 Å². The molecule has 3 aromatic carbocycles. The molecular formula is C28H31NO. The van der Waals surface area contributed by atoms with E-state index in [9.17, 15) is 5.11 Å². The van der Waals surface area contributed by atoms with E-state index in [-0.39, 0.29) is 5.92 Å². The minimum Gasteiger partial charge on any atom is -0.380 e. The highest BCUT2D eigenvalue weighted by molar-refractivity contribution is 5.57. The molecule has 0 radical (unpaired) electrons. The van der Waals surface area contributed by atoms with Crippen LogP contribution in [0.4, 0.5) is 5.69 Å². The maximum Gasteiger partial charge on any atom is 0.115 e. The molecule has 1 fully saturated rings. The summed E-state index contributed by atoms with van der Waals surface area (Å²) < 4.78 is 0. The third-order valence-electron chi connectivity index (χ3n) is 6.40. The van der Waals surface area contributed by atoms with Gasteiger partial charge in [0.2, 0.25) is 0 Å². The van der Waals surface area contributed by atoms with Gasteiger partial charge in [0.05, 0.1) is 0 Å². The van der Waals surface area contributed by atoms with Crippen LogP contribution in [-0.2, 0) is 5.60 Å². The first kappa shape index (κ1) is 20.4. The van der Waals surface area contributed by atoms with Gasteiger partial charge < -0.3 is 10.0 Å². The largest absolute Gasteiger partial charge is 0.380 e. The summed E-state index contributed by atoms with van der Waals surface area (Å²) in [6, 6.07) is 29.2. The van der Waals surface area contributed by atoms with E-state index in [0.29, 0.717) is 0 Å². The van der Waals surface area contributed by atoms with Crippen LogP contribution < -0.4 is 4.90 Å². The molecule has 0 saturated heterocycles. The lowest BCUT2D eigenvalue weighted by Crippen LogP contribution is -2.45. The molecule has 1 aliphatic rings. The third kappa shape index (κ3) is 4.20. The van der Waals surface area contributed by atoms with Gasteiger partial charge in [-0.1, -0.05) is 84.4 Å². The Morgan fingerprint density at radius 1 is 0.933 bits per heavy atom. The van der Waals surface area contributed by atoms with Crippen molar-refractivity contribution in [1.29, 1.82) is 0 Å². The molecule has 1 aliphatic carbocycles. The highest BCUT2D eigenvalue weighted by Crippen LogP contribution is 2.46. The zero-order valence-corrected chi connectivity index (χ0v) is 18.0. The second-order valence-electron chi connectivity index (χ2n) is 8.52. The van der Waals surface area contributed by atoms with E-state index < -0.39 is 5.60 Å². The lowest BCUT2D eigenvalue weighted by atomic mass is 9.67. The van der Waals surface area contributed by atoms with Gasteiger partial charge in [-0.15, -0.1) is 0 Å². The molecule has 154 valence electrons. The van der Waals surface area contributed by atoms with Crippen molar-refractivity contribution >= 4 is 11.8 Å². The first-order valence-corrected chi connectivity index (χ1v) is 10.9. The topological polar surface area (TPSA) is 23.5 Å². The number of rotatable bonds is 5. The van der Waals surface area contributed by atoms with E-state index in [4.69, 9.17) is 0 Å². The molecule has 2 unspecified atom stereocenters. The molecular weight excluding hydrogens is 366 g/mol. The summed E-state index contributed by atoms with van der Waals surface area (Å²) in [7, 11) is 2.13. The van der Waals surface area contributed by atoms with Gasteiger partial charge in [0.25, 0.3) is 0 Å². The second kappa shape index (κ2) is 8.89. The second-order valence-corrected chi connectivity index (χ2v) is 8.52. The molecule has 1 N–H and O–H groups in total. The van der Waals surface area contributed by atoms with Crippen molar-refractivity contribution in [2.45, 2.75) is 31.8 Å². The summed E-state index contributed by atoms with van der Waals surface area (Å²) >= 11 is 0. The normalized spacial score (nSPS) is 22.8. The Labute approximate surface area is 180 Å². The van der Waals surface area contributed by atoms with Gasteiger partial charge in [-0.05, 0) is 55.0 Å². The average molecular weight is 398 g/mol. The summed E-state index contributed by atoms with van der Waals surface area (Å²) in [5.41, 5.74) is 4.75. The lowest BCUT2D eigenvalue weighted by Gasteiger charge is -2.44. The van der Waals surface area contributed by atoms with Gasteiger partial charge in [0.15, 0.2) is 0 Å². The molecule has 1 saturated carbocycles. The number of hydrogen-bond donors (Lipinski definition) is 1. The summed E-state index contributed by atoms with van der Waals surface area (Å²) in [6.45, 7) is 2.92. The fraction of sp³-hybridized carbons (Fsp3) is 0.286. The molecule has 3 aromatic rings. The van der Waals surface area contributed by atoms with Crippen LogP contribution in [0.1, 0.15) is 36.0 Å². The van der Waals surface area contributed by atoms with Gasteiger partial charge in [-0.25, -0.2) is 0 Å². The quantitative estimate of drug-likeness (QED) is 0.554. The van der Waals surface area contributed by atoms with Crippen molar-refractivity contribution in [2.24, 2.45) is 5.92 Å². The fourth-order valence-corrected chi connectivity index (χ4v) is 4.71. The van der Waals surface area contributed by atoms with E-state index in [1.165, 1.54) is 11.3 Å². The maximum absolute atomic E-state index is 12.3. The zero-order valence-electron chi connectivity index (χ0n) is 18.0. The smallest absolute Gasteiger partial charge is 0.115 e. The van der Waals surface area contributed by atoms with Crippen LogP contribution in [0.2, 0.25) is 0 Å². The molecule has 0 amide bonds. The maximum atomic E-state index is 12.3. The zero-order chi connectivity index (χ0) is 21.0. The third-order valence-corrected chi connectivity index (χ3v) is 6.40. The molecule has 2 atom stereocenters. The van der Waals surface area contributed by atoms with Crippen molar-refractivity contribution in [3.8, 4) is 0 Å². The molecule has 0 aliphatic heterocycles. The van der Waals surface area contributed by atoms with Crippen LogP contribution in [0, 0.1) is 12.8 Å². The minimum absolute atomic E-state index is 0.120. The van der Waals surface area contributed by atoms with Crippen molar-refractivity contribution in [3.05, 3.63) is 107 Å². The Hall–Kier alpha value is -2.84. The number of benzene rings is 3. The van der Waals surface area contributed by atoms with Crippen molar-refractivity contribution in [1.82, 2.24) is 0 Å². The van der Waals surface area contributed by atoms with E-state index in [0.717, 1.165) is 42.5 Å². The number of aryl methyl sites for hydroxylation is 1. The Bertz CT molecular complexity index is 978. The van der Waals surface area contributed by atoms with E-state index in [1.54, 1.807) is 0 Å². The predicted octanol–water partition coefficient (Wildman–Crippen LogP) is 6.20. The van der Waals surface area contributed by atoms with Crippen molar-refractivity contribution in [3.63, 3.8) is 0 Å². The molecule has 2 nitrogen and oxygen atoms in total. The molecule has 0 aromatic heterocycles. The van der Waals surface area contributed by atoms with Crippen molar-refractivity contribution in [2.75, 3.05) is 18.5 Å². The van der Waals surface area contributed by atoms with E-state index in [2.05, 4.69) is 85.6 Å². The number of aliphatic hydroxyl groups is 1. The number of nitrogens with zero attached hydrogens (tertiary/aromatic N) is 1. The molecule has 0 bridgehead atoms. The Morgan fingerprint density at radius 2 is 1.57 bits per heavy atom. The van der Waals surface area contributed by atoms with Gasteiger partial charge >= 0.3 is 0 Å². The SMILES string of the molecule is Cc1ccc(N(C)CC2CCC/C(=C\c3ccccc3)C2(O)c2ccccc2)cc1. The van der Waals surface area contributed by atoms with E-state index >= 15 is 0 Å². The van der Waals surface area contributed by atoms with Gasteiger partial charge in [0.1, 0.15) is 5.60 Å². The van der Waals surface area contributed by atoms with E-state index in [1.807, 2.05) is 24.3 Å². The molecule has 0 spiro atoms. The molecule has 0 heterocycles. The van der Waals surface area contributed by atoms with Crippen molar-refractivity contribution < 1.29 is 5.11 Å². The van der Waals surface area contributed by atoms with Crippen LogP contribution in [0.5, 0.6) is 0 Å². The van der Waals surface area contributed by atoms with Crippen LogP contribution in [-0.4, -0.2) is 18.7 Å². The first-order valence-electron chi connectivity index (χ1n) is 10.9. The van der Waals surface area contributed by atoms with Gasteiger partial charge in [-0.2, -0.15) is 0 Å². The minimum atomic E-state index is -0.964.